The monoisotopic (exact) mass is 362 g/mol. The molecule has 26 heavy (non-hydrogen) atoms. The zero-order valence-electron chi connectivity index (χ0n) is 15.7. The Morgan fingerprint density at radius 1 is 1.12 bits per heavy atom. The van der Waals surface area contributed by atoms with Crippen molar-refractivity contribution in [3.8, 4) is 0 Å². The van der Waals surface area contributed by atoms with Gasteiger partial charge in [0.25, 0.3) is 5.91 Å². The Balaban J connectivity index is 1.44. The maximum atomic E-state index is 13.2. The van der Waals surface area contributed by atoms with Crippen LogP contribution >= 0.6 is 0 Å². The molecule has 0 aromatic heterocycles. The maximum absolute atomic E-state index is 13.2. The zero-order valence-corrected chi connectivity index (χ0v) is 15.7. The van der Waals surface area contributed by atoms with Crippen LogP contribution in [0.4, 0.5) is 4.79 Å². The average Bonchev–Trinajstić information content (AvgIpc) is 2.84. The Morgan fingerprint density at radius 2 is 1.85 bits per heavy atom. The number of likely N-dealkylation sites (tertiary alicyclic amines) is 2. The third kappa shape index (κ3) is 2.90. The third-order valence-corrected chi connectivity index (χ3v) is 6.88. The average molecular weight is 362 g/mol. The molecule has 7 nitrogen and oxygen atoms in total. The predicted molar refractivity (Wildman–Crippen MR) is 96.4 cm³/mol. The van der Waals surface area contributed by atoms with Crippen LogP contribution in [0.15, 0.2) is 0 Å². The number of rotatable bonds is 3. The van der Waals surface area contributed by atoms with Crippen molar-refractivity contribution >= 4 is 17.8 Å². The van der Waals surface area contributed by atoms with Crippen molar-refractivity contribution in [1.82, 2.24) is 20.0 Å². The SMILES string of the molecule is CCN1CCC2(CC1)NC(=O)N([C@@H]1CCCN(C(=O)C3CCC3)C1)C2=O. The summed E-state index contributed by atoms with van der Waals surface area (Å²) >= 11 is 0. The number of amides is 4. The second-order valence-electron chi connectivity index (χ2n) is 8.33. The fourth-order valence-corrected chi connectivity index (χ4v) is 4.84. The Bertz CT molecular complexity index is 596. The quantitative estimate of drug-likeness (QED) is 0.766. The fraction of sp³-hybridized carbons (Fsp3) is 0.842. The summed E-state index contributed by atoms with van der Waals surface area (Å²) in [6.45, 7) is 6.04. The lowest BCUT2D eigenvalue weighted by Crippen LogP contribution is -2.56. The Hall–Kier alpha value is -1.63. The molecule has 7 heteroatoms. The number of hydrogen-bond donors (Lipinski definition) is 1. The van der Waals surface area contributed by atoms with Crippen LogP contribution in [-0.2, 0) is 9.59 Å². The normalized spacial score (nSPS) is 29.8. The van der Waals surface area contributed by atoms with Crippen molar-refractivity contribution in [1.29, 1.82) is 0 Å². The summed E-state index contributed by atoms with van der Waals surface area (Å²) in [5.41, 5.74) is -0.719. The number of carbonyl (C=O) groups is 3. The van der Waals surface area contributed by atoms with Gasteiger partial charge in [-0.05, 0) is 45.1 Å². The van der Waals surface area contributed by atoms with Gasteiger partial charge in [0, 0.05) is 32.1 Å². The second kappa shape index (κ2) is 6.83. The molecule has 4 fully saturated rings. The number of nitrogens with zero attached hydrogens (tertiary/aromatic N) is 3. The first-order valence-electron chi connectivity index (χ1n) is 10.2. The van der Waals surface area contributed by atoms with E-state index in [9.17, 15) is 14.4 Å². The van der Waals surface area contributed by atoms with E-state index in [2.05, 4.69) is 17.1 Å². The van der Waals surface area contributed by atoms with E-state index >= 15 is 0 Å². The van der Waals surface area contributed by atoms with E-state index in [1.165, 1.54) is 4.90 Å². The molecule has 3 saturated heterocycles. The van der Waals surface area contributed by atoms with Gasteiger partial charge in [0.2, 0.25) is 5.91 Å². The molecule has 0 aromatic rings. The summed E-state index contributed by atoms with van der Waals surface area (Å²) in [5.74, 6) is 0.321. The molecule has 1 saturated carbocycles. The Kier molecular flexibility index (Phi) is 4.67. The van der Waals surface area contributed by atoms with Gasteiger partial charge < -0.3 is 15.1 Å². The number of nitrogens with one attached hydrogen (secondary N) is 1. The van der Waals surface area contributed by atoms with E-state index < -0.39 is 5.54 Å². The van der Waals surface area contributed by atoms with Gasteiger partial charge in [0.05, 0.1) is 6.04 Å². The maximum Gasteiger partial charge on any atom is 0.325 e. The van der Waals surface area contributed by atoms with E-state index in [-0.39, 0.29) is 29.8 Å². The summed E-state index contributed by atoms with van der Waals surface area (Å²) in [6, 6.07) is -0.438. The zero-order chi connectivity index (χ0) is 18.3. The molecule has 1 spiro atoms. The highest BCUT2D eigenvalue weighted by molar-refractivity contribution is 6.07. The molecule has 0 radical (unpaired) electrons. The smallest absolute Gasteiger partial charge is 0.325 e. The van der Waals surface area contributed by atoms with Crippen molar-refractivity contribution in [2.75, 3.05) is 32.7 Å². The van der Waals surface area contributed by atoms with Crippen LogP contribution in [0, 0.1) is 5.92 Å². The molecule has 1 atom stereocenters. The molecular weight excluding hydrogens is 332 g/mol. The molecule has 1 aliphatic carbocycles. The molecule has 3 aliphatic heterocycles. The summed E-state index contributed by atoms with van der Waals surface area (Å²) in [6.07, 6.45) is 6.12. The van der Waals surface area contributed by atoms with Crippen molar-refractivity contribution in [2.45, 2.75) is 63.5 Å². The molecule has 3 heterocycles. The molecule has 0 unspecified atom stereocenters. The molecule has 0 aromatic carbocycles. The highest BCUT2D eigenvalue weighted by Gasteiger charge is 2.54. The summed E-state index contributed by atoms with van der Waals surface area (Å²) in [4.78, 5) is 44.1. The number of hydrogen-bond acceptors (Lipinski definition) is 4. The van der Waals surface area contributed by atoms with E-state index in [1.54, 1.807) is 0 Å². The minimum Gasteiger partial charge on any atom is -0.340 e. The van der Waals surface area contributed by atoms with Crippen molar-refractivity contribution in [2.24, 2.45) is 5.92 Å². The third-order valence-electron chi connectivity index (χ3n) is 6.88. The van der Waals surface area contributed by atoms with Crippen molar-refractivity contribution < 1.29 is 14.4 Å². The van der Waals surface area contributed by atoms with E-state index in [0.29, 0.717) is 19.4 Å². The number of urea groups is 1. The topological polar surface area (TPSA) is 73.0 Å². The molecule has 0 bridgehead atoms. The molecule has 4 rings (SSSR count). The van der Waals surface area contributed by atoms with Crippen LogP contribution in [-0.4, -0.2) is 76.8 Å². The Labute approximate surface area is 155 Å². The van der Waals surface area contributed by atoms with Gasteiger partial charge in [0.15, 0.2) is 0 Å². The van der Waals surface area contributed by atoms with Crippen molar-refractivity contribution in [3.05, 3.63) is 0 Å². The standard InChI is InChI=1S/C19H30N4O3/c1-2-21-11-8-19(9-12-21)17(25)23(18(26)20-19)15-7-4-10-22(13-15)16(24)14-5-3-6-14/h14-15H,2-13H2,1H3,(H,20,26)/t15-/m1/s1. The lowest BCUT2D eigenvalue weighted by molar-refractivity contribution is -0.143. The van der Waals surface area contributed by atoms with Gasteiger partial charge in [-0.2, -0.15) is 0 Å². The predicted octanol–water partition coefficient (Wildman–Crippen LogP) is 1.18. The van der Waals surface area contributed by atoms with Gasteiger partial charge in [0.1, 0.15) is 5.54 Å². The first-order valence-corrected chi connectivity index (χ1v) is 10.2. The van der Waals surface area contributed by atoms with Crippen LogP contribution in [0.5, 0.6) is 0 Å². The first kappa shape index (κ1) is 17.8. The lowest BCUT2D eigenvalue weighted by Gasteiger charge is -2.40. The molecular formula is C19H30N4O3. The largest absolute Gasteiger partial charge is 0.340 e. The highest BCUT2D eigenvalue weighted by atomic mass is 16.2. The Morgan fingerprint density at radius 3 is 2.46 bits per heavy atom. The van der Waals surface area contributed by atoms with E-state index in [0.717, 1.165) is 58.3 Å². The molecule has 4 aliphatic rings. The second-order valence-corrected chi connectivity index (χ2v) is 8.33. The van der Waals surface area contributed by atoms with Gasteiger partial charge in [-0.25, -0.2) is 4.79 Å². The summed E-state index contributed by atoms with van der Waals surface area (Å²) < 4.78 is 0. The van der Waals surface area contributed by atoms with Gasteiger partial charge in [-0.15, -0.1) is 0 Å². The van der Waals surface area contributed by atoms with Crippen LogP contribution in [0.1, 0.15) is 51.9 Å². The molecule has 1 N–H and O–H groups in total. The number of carbonyl (C=O) groups excluding carboxylic acids is 3. The van der Waals surface area contributed by atoms with Crippen LogP contribution in [0.2, 0.25) is 0 Å². The first-order chi connectivity index (χ1) is 12.5. The molecule has 4 amide bonds. The van der Waals surface area contributed by atoms with Crippen LogP contribution < -0.4 is 5.32 Å². The lowest BCUT2D eigenvalue weighted by atomic mass is 9.83. The number of piperidine rings is 2. The van der Waals surface area contributed by atoms with E-state index in [1.807, 2.05) is 4.90 Å². The van der Waals surface area contributed by atoms with E-state index in [4.69, 9.17) is 0 Å². The van der Waals surface area contributed by atoms with Crippen LogP contribution in [0.25, 0.3) is 0 Å². The minimum atomic E-state index is -0.719. The summed E-state index contributed by atoms with van der Waals surface area (Å²) in [7, 11) is 0. The van der Waals surface area contributed by atoms with Crippen LogP contribution in [0.3, 0.4) is 0 Å². The fourth-order valence-electron chi connectivity index (χ4n) is 4.84. The van der Waals surface area contributed by atoms with Gasteiger partial charge >= 0.3 is 6.03 Å². The van der Waals surface area contributed by atoms with Gasteiger partial charge in [-0.1, -0.05) is 13.3 Å². The van der Waals surface area contributed by atoms with Crippen molar-refractivity contribution in [3.63, 3.8) is 0 Å². The summed E-state index contributed by atoms with van der Waals surface area (Å²) in [5, 5.41) is 3.01. The number of imide groups is 1. The van der Waals surface area contributed by atoms with Gasteiger partial charge in [-0.3, -0.25) is 14.5 Å². The highest BCUT2D eigenvalue weighted by Crippen LogP contribution is 2.33. The minimum absolute atomic E-state index is 0.0683. The molecule has 144 valence electrons.